The highest BCUT2D eigenvalue weighted by molar-refractivity contribution is 4.96. The van der Waals surface area contributed by atoms with Gasteiger partial charge in [-0.2, -0.15) is 0 Å². The van der Waals surface area contributed by atoms with Crippen LogP contribution in [-0.2, 0) is 4.74 Å². The van der Waals surface area contributed by atoms with Crippen LogP contribution >= 0.6 is 0 Å². The van der Waals surface area contributed by atoms with Gasteiger partial charge in [0.25, 0.3) is 0 Å². The Hall–Kier alpha value is -0.600. The van der Waals surface area contributed by atoms with Gasteiger partial charge in [-0.15, -0.1) is 0 Å². The molecule has 1 N–H and O–H groups in total. The number of hydrogen-bond donors (Lipinski definition) is 1. The fraction of sp³-hybridized carbons (Fsp3) is 0.920. The molecule has 0 spiro atoms. The van der Waals surface area contributed by atoms with Gasteiger partial charge in [0.2, 0.25) is 0 Å². The molecule has 0 aromatic heterocycles. The van der Waals surface area contributed by atoms with E-state index < -0.39 is 0 Å². The molecule has 3 aliphatic carbocycles. The van der Waals surface area contributed by atoms with Crippen molar-refractivity contribution in [3.05, 3.63) is 24.3 Å². The summed E-state index contributed by atoms with van der Waals surface area (Å²) in [5, 5.41) is 3.31. The van der Waals surface area contributed by atoms with Crippen molar-refractivity contribution in [1.82, 2.24) is 5.32 Å². The molecule has 3 rings (SSSR count). The first-order valence-electron chi connectivity index (χ1n) is 24.1. The molecule has 3 aliphatic rings. The minimum Gasteiger partial charge on any atom is -0.381 e. The number of hydrogen-bond acceptors (Lipinski definition) is 2. The zero-order valence-electron chi connectivity index (χ0n) is 36.1. The quantitative estimate of drug-likeness (QED) is 0.0503. The maximum atomic E-state index is 6.07. The van der Waals surface area contributed by atoms with Gasteiger partial charge in [0, 0.05) is 13.2 Å². The van der Waals surface area contributed by atoms with E-state index in [1.54, 1.807) is 0 Å². The van der Waals surface area contributed by atoms with Crippen LogP contribution in [0.25, 0.3) is 0 Å². The molecule has 0 saturated heterocycles. The van der Waals surface area contributed by atoms with E-state index in [4.69, 9.17) is 4.74 Å². The lowest BCUT2D eigenvalue weighted by atomic mass is 9.59. The number of allylic oxidation sites excluding steroid dienone is 2. The number of unbranched alkanes of at least 4 members (excludes halogenated alkanes) is 13. The third-order valence-corrected chi connectivity index (χ3v) is 13.6. The first-order valence-corrected chi connectivity index (χ1v) is 24.1. The fourth-order valence-corrected chi connectivity index (χ4v) is 9.99. The van der Waals surface area contributed by atoms with E-state index in [0.29, 0.717) is 0 Å². The maximum Gasteiger partial charge on any atom is 0.0466 e. The Labute approximate surface area is 328 Å². The molecule has 1 unspecified atom stereocenters. The topological polar surface area (TPSA) is 21.3 Å². The molecular formula is C50H95NO. The molecule has 1 atom stereocenters. The standard InChI is InChI=1S/C50H95NO/c1-6-8-17-29-47(30-18-9-7-2)33-23-27-45(3)26-19-13-12-15-21-32-49(44-46(4)28-24-41-51-5)31-20-14-10-11-16-22-42-52-43-25-37-50-38-34-48(35-39-50)36-40-50/h47-49,51H,3-4,6-44H2,1-2,5H3. The van der Waals surface area contributed by atoms with E-state index in [1.807, 2.05) is 0 Å². The summed E-state index contributed by atoms with van der Waals surface area (Å²) in [4.78, 5) is 0. The second-order valence-corrected chi connectivity index (χ2v) is 18.4. The van der Waals surface area contributed by atoms with E-state index in [1.165, 1.54) is 242 Å². The van der Waals surface area contributed by atoms with Crippen LogP contribution in [0.3, 0.4) is 0 Å². The van der Waals surface area contributed by atoms with Crippen molar-refractivity contribution >= 4 is 0 Å². The molecular weight excluding hydrogens is 631 g/mol. The van der Waals surface area contributed by atoms with Crippen LogP contribution in [0.2, 0.25) is 0 Å². The molecule has 2 heteroatoms. The largest absolute Gasteiger partial charge is 0.381 e. The van der Waals surface area contributed by atoms with Crippen LogP contribution in [0.15, 0.2) is 24.3 Å². The van der Waals surface area contributed by atoms with E-state index in [0.717, 1.165) is 42.9 Å². The second kappa shape index (κ2) is 32.6. The third kappa shape index (κ3) is 24.7. The molecule has 2 nitrogen and oxygen atoms in total. The van der Waals surface area contributed by atoms with E-state index in [2.05, 4.69) is 39.4 Å². The summed E-state index contributed by atoms with van der Waals surface area (Å²) in [5.74, 6) is 2.90. The van der Waals surface area contributed by atoms with Crippen LogP contribution in [0.5, 0.6) is 0 Å². The predicted octanol–water partition coefficient (Wildman–Crippen LogP) is 16.3. The lowest BCUT2D eigenvalue weighted by molar-refractivity contribution is 0.0414. The minimum atomic E-state index is 0.720. The van der Waals surface area contributed by atoms with Crippen molar-refractivity contribution in [3.63, 3.8) is 0 Å². The summed E-state index contributed by atoms with van der Waals surface area (Å²) in [5.41, 5.74) is 3.74. The number of rotatable bonds is 39. The monoisotopic (exact) mass is 726 g/mol. The molecule has 2 bridgehead atoms. The second-order valence-electron chi connectivity index (χ2n) is 18.4. The van der Waals surface area contributed by atoms with Gasteiger partial charge in [0.1, 0.15) is 0 Å². The van der Waals surface area contributed by atoms with Gasteiger partial charge >= 0.3 is 0 Å². The summed E-state index contributed by atoms with van der Waals surface area (Å²) in [6, 6.07) is 0. The first kappa shape index (κ1) is 47.6. The van der Waals surface area contributed by atoms with Crippen molar-refractivity contribution in [2.75, 3.05) is 26.8 Å². The Bertz CT molecular complexity index is 800. The molecule has 52 heavy (non-hydrogen) atoms. The molecule has 0 aromatic rings. The van der Waals surface area contributed by atoms with Gasteiger partial charge in [-0.05, 0) is 139 Å². The number of ether oxygens (including phenoxy) is 1. The SMILES string of the molecule is C=C(CCCCCCCC(CCCCCCCCOCCCC12CCC(CC1)CC2)CC(=C)CCCNC)CCCC(CCCCC)CCCCC. The van der Waals surface area contributed by atoms with Gasteiger partial charge < -0.3 is 10.1 Å². The van der Waals surface area contributed by atoms with E-state index in [9.17, 15) is 0 Å². The molecule has 0 amide bonds. The molecule has 306 valence electrons. The summed E-state index contributed by atoms with van der Waals surface area (Å²) in [6.07, 6.45) is 50.2. The Balaban J connectivity index is 1.49. The van der Waals surface area contributed by atoms with Crippen LogP contribution in [0, 0.1) is 23.2 Å². The molecule has 0 aliphatic heterocycles. The third-order valence-electron chi connectivity index (χ3n) is 13.6. The van der Waals surface area contributed by atoms with Crippen LogP contribution in [-0.4, -0.2) is 26.8 Å². The van der Waals surface area contributed by atoms with Gasteiger partial charge in [-0.3, -0.25) is 0 Å². The summed E-state index contributed by atoms with van der Waals surface area (Å²) in [6.45, 7) is 16.8. The van der Waals surface area contributed by atoms with Crippen LogP contribution in [0.4, 0.5) is 0 Å². The zero-order valence-corrected chi connectivity index (χ0v) is 36.1. The van der Waals surface area contributed by atoms with Crippen molar-refractivity contribution in [1.29, 1.82) is 0 Å². The summed E-state index contributed by atoms with van der Waals surface area (Å²) in [7, 11) is 2.07. The summed E-state index contributed by atoms with van der Waals surface area (Å²) < 4.78 is 6.07. The molecule has 0 aromatic carbocycles. The fourth-order valence-electron chi connectivity index (χ4n) is 9.99. The van der Waals surface area contributed by atoms with Gasteiger partial charge in [0.05, 0.1) is 0 Å². The first-order chi connectivity index (χ1) is 25.5. The Kier molecular flexibility index (Phi) is 29.8. The van der Waals surface area contributed by atoms with Crippen LogP contribution in [0.1, 0.15) is 245 Å². The van der Waals surface area contributed by atoms with Crippen molar-refractivity contribution in [3.8, 4) is 0 Å². The molecule has 0 radical (unpaired) electrons. The minimum absolute atomic E-state index is 0.720. The number of fused-ring (bicyclic) bond motifs is 3. The summed E-state index contributed by atoms with van der Waals surface area (Å²) >= 11 is 0. The van der Waals surface area contributed by atoms with Gasteiger partial charge in [0.15, 0.2) is 0 Å². The van der Waals surface area contributed by atoms with Crippen molar-refractivity contribution in [2.45, 2.75) is 245 Å². The number of nitrogens with one attached hydrogen (secondary N) is 1. The van der Waals surface area contributed by atoms with Crippen molar-refractivity contribution < 1.29 is 4.74 Å². The predicted molar refractivity (Wildman–Crippen MR) is 233 cm³/mol. The van der Waals surface area contributed by atoms with Crippen molar-refractivity contribution in [2.24, 2.45) is 23.2 Å². The normalized spacial score (nSPS) is 19.1. The smallest absolute Gasteiger partial charge is 0.0466 e. The molecule has 3 fully saturated rings. The van der Waals surface area contributed by atoms with Gasteiger partial charge in [-0.1, -0.05) is 167 Å². The highest BCUT2D eigenvalue weighted by Crippen LogP contribution is 2.52. The van der Waals surface area contributed by atoms with Crippen LogP contribution < -0.4 is 5.32 Å². The highest BCUT2D eigenvalue weighted by Gasteiger charge is 2.39. The average Bonchev–Trinajstić information content (AvgIpc) is 3.15. The molecule has 0 heterocycles. The Morgan fingerprint density at radius 2 is 1.04 bits per heavy atom. The lowest BCUT2D eigenvalue weighted by Gasteiger charge is -2.46. The average molecular weight is 726 g/mol. The molecule has 3 saturated carbocycles. The Morgan fingerprint density at radius 3 is 1.65 bits per heavy atom. The Morgan fingerprint density at radius 1 is 0.558 bits per heavy atom. The maximum absolute atomic E-state index is 6.07. The zero-order chi connectivity index (χ0) is 37.4. The van der Waals surface area contributed by atoms with E-state index in [-0.39, 0.29) is 0 Å². The van der Waals surface area contributed by atoms with Gasteiger partial charge in [-0.25, -0.2) is 0 Å². The lowest BCUT2D eigenvalue weighted by Crippen LogP contribution is -2.34. The highest BCUT2D eigenvalue weighted by atomic mass is 16.5. The van der Waals surface area contributed by atoms with E-state index >= 15 is 0 Å².